The van der Waals surface area contributed by atoms with Gasteiger partial charge in [-0.3, -0.25) is 14.5 Å². The molecule has 6 nitrogen and oxygen atoms in total. The molecule has 0 bridgehead atoms. The molecule has 0 saturated carbocycles. The van der Waals surface area contributed by atoms with Gasteiger partial charge in [0, 0.05) is 12.7 Å². The first-order valence-corrected chi connectivity index (χ1v) is 10.1. The Bertz CT molecular complexity index is 1210. The highest BCUT2D eigenvalue weighted by Crippen LogP contribution is 2.41. The average molecular weight is 478 g/mol. The summed E-state index contributed by atoms with van der Waals surface area (Å²) in [6.45, 7) is 3.23. The number of rotatable bonds is 4. The van der Waals surface area contributed by atoms with Gasteiger partial charge in [0.25, 0.3) is 11.8 Å². The minimum atomic E-state index is -4.82. The zero-order valence-electron chi connectivity index (χ0n) is 17.7. The fourth-order valence-corrected chi connectivity index (χ4v) is 4.13. The Hall–Kier alpha value is -3.52. The highest BCUT2D eigenvalue weighted by Gasteiger charge is 2.52. The molecule has 2 aromatic rings. The van der Waals surface area contributed by atoms with Crippen LogP contribution in [0.3, 0.4) is 0 Å². The van der Waals surface area contributed by atoms with Crippen molar-refractivity contribution in [2.75, 3.05) is 16.8 Å². The summed E-state index contributed by atoms with van der Waals surface area (Å²) in [7, 11) is 1.35. The van der Waals surface area contributed by atoms with Crippen molar-refractivity contribution in [2.24, 2.45) is 0 Å². The first kappa shape index (κ1) is 24.1. The van der Waals surface area contributed by atoms with Crippen LogP contribution in [0, 0.1) is 17.1 Å². The molecule has 3 rings (SSSR count). The van der Waals surface area contributed by atoms with E-state index < -0.39 is 40.5 Å². The number of nitrogens with one attached hydrogen (secondary N) is 1. The van der Waals surface area contributed by atoms with Gasteiger partial charge in [-0.05, 0) is 62.0 Å². The molecular weight excluding hydrogens is 460 g/mol. The van der Waals surface area contributed by atoms with Crippen LogP contribution in [-0.2, 0) is 11.0 Å². The Balaban J connectivity index is 2.14. The number of halogens is 4. The van der Waals surface area contributed by atoms with E-state index in [0.717, 1.165) is 17.0 Å². The molecule has 0 aliphatic carbocycles. The summed E-state index contributed by atoms with van der Waals surface area (Å²) in [5.41, 5.74) is -3.34. The molecule has 2 amide bonds. The maximum atomic E-state index is 14.6. The average Bonchev–Trinajstić information content (AvgIpc) is 2.97. The molecule has 2 aromatic carbocycles. The second-order valence-electron chi connectivity index (χ2n) is 7.47. The molecule has 1 saturated heterocycles. The normalized spacial score (nSPS) is 18.5. The first-order valence-electron chi connectivity index (χ1n) is 9.72. The molecule has 1 aliphatic rings. The minimum Gasteiger partial charge on any atom is -0.355 e. The molecule has 1 heterocycles. The summed E-state index contributed by atoms with van der Waals surface area (Å²) in [6, 6.07) is 8.04. The Labute approximate surface area is 192 Å². The maximum Gasteiger partial charge on any atom is 0.417 e. The van der Waals surface area contributed by atoms with E-state index >= 15 is 0 Å². The quantitative estimate of drug-likeness (QED) is 0.521. The molecule has 0 aromatic heterocycles. The van der Waals surface area contributed by atoms with Crippen molar-refractivity contribution < 1.29 is 27.2 Å². The van der Waals surface area contributed by atoms with E-state index in [1.54, 1.807) is 13.8 Å². The van der Waals surface area contributed by atoms with Crippen LogP contribution in [0.4, 0.5) is 28.9 Å². The number of carbonyl (C=O) groups is 2. The lowest BCUT2D eigenvalue weighted by Crippen LogP contribution is -2.46. The first-order chi connectivity index (χ1) is 15.4. The van der Waals surface area contributed by atoms with Gasteiger partial charge >= 0.3 is 6.18 Å². The summed E-state index contributed by atoms with van der Waals surface area (Å²) >= 11 is 5.45. The predicted octanol–water partition coefficient (Wildman–Crippen LogP) is 4.38. The van der Waals surface area contributed by atoms with Crippen LogP contribution in [0.5, 0.6) is 0 Å². The van der Waals surface area contributed by atoms with Crippen LogP contribution in [0.25, 0.3) is 0 Å². The highest BCUT2D eigenvalue weighted by atomic mass is 32.1. The fourth-order valence-electron chi connectivity index (χ4n) is 3.63. The molecule has 1 fully saturated rings. The summed E-state index contributed by atoms with van der Waals surface area (Å²) in [5.74, 6) is -2.10. The Morgan fingerprint density at radius 1 is 1.21 bits per heavy atom. The predicted molar refractivity (Wildman–Crippen MR) is 117 cm³/mol. The van der Waals surface area contributed by atoms with Crippen molar-refractivity contribution in [3.63, 3.8) is 0 Å². The zero-order chi connectivity index (χ0) is 24.7. The zero-order valence-corrected chi connectivity index (χ0v) is 18.6. The molecule has 172 valence electrons. The molecule has 1 unspecified atom stereocenters. The van der Waals surface area contributed by atoms with Crippen molar-refractivity contribution >= 4 is 40.5 Å². The monoisotopic (exact) mass is 478 g/mol. The standard InChI is InChI=1S/C22H18F4N4O2S/c1-4-21(2)19(32)29(13-6-5-12(11-27)16(9-13)22(24,25)26)20(33)30(21)14-7-8-15(17(23)10-14)18(31)28-3/h5-10H,4H2,1-3H3,(H,28,31). The van der Waals surface area contributed by atoms with Gasteiger partial charge in [-0.1, -0.05) is 6.92 Å². The van der Waals surface area contributed by atoms with Gasteiger partial charge in [-0.15, -0.1) is 0 Å². The number of thiocarbonyl (C=S) groups is 1. The third kappa shape index (κ3) is 3.91. The van der Waals surface area contributed by atoms with E-state index in [4.69, 9.17) is 17.5 Å². The number of hydrogen-bond acceptors (Lipinski definition) is 4. The van der Waals surface area contributed by atoms with Crippen molar-refractivity contribution in [3.8, 4) is 6.07 Å². The van der Waals surface area contributed by atoms with Crippen LogP contribution in [0.2, 0.25) is 0 Å². The number of hydrogen-bond donors (Lipinski definition) is 1. The lowest BCUT2D eigenvalue weighted by atomic mass is 9.96. The van der Waals surface area contributed by atoms with Gasteiger partial charge in [0.2, 0.25) is 0 Å². The number of anilines is 2. The van der Waals surface area contributed by atoms with Crippen molar-refractivity contribution in [1.29, 1.82) is 5.26 Å². The number of nitrogens with zero attached hydrogens (tertiary/aromatic N) is 3. The van der Waals surface area contributed by atoms with E-state index in [9.17, 15) is 27.2 Å². The number of benzene rings is 2. The van der Waals surface area contributed by atoms with Gasteiger partial charge in [0.1, 0.15) is 11.4 Å². The topological polar surface area (TPSA) is 76.4 Å². The van der Waals surface area contributed by atoms with Gasteiger partial charge in [-0.2, -0.15) is 18.4 Å². The minimum absolute atomic E-state index is 0.158. The summed E-state index contributed by atoms with van der Waals surface area (Å²) in [6.07, 6.45) is -4.62. The lowest BCUT2D eigenvalue weighted by molar-refractivity contribution is -0.137. The number of alkyl halides is 3. The Kier molecular flexibility index (Phi) is 6.17. The number of nitriles is 1. The van der Waals surface area contributed by atoms with Crippen LogP contribution in [-0.4, -0.2) is 29.5 Å². The van der Waals surface area contributed by atoms with Crippen molar-refractivity contribution in [1.82, 2.24) is 5.32 Å². The van der Waals surface area contributed by atoms with Crippen LogP contribution in [0.15, 0.2) is 36.4 Å². The number of carbonyl (C=O) groups excluding carboxylic acids is 2. The summed E-state index contributed by atoms with van der Waals surface area (Å²) in [5, 5.41) is 11.2. The van der Waals surface area contributed by atoms with Crippen LogP contribution < -0.4 is 15.1 Å². The summed E-state index contributed by atoms with van der Waals surface area (Å²) < 4.78 is 55.0. The summed E-state index contributed by atoms with van der Waals surface area (Å²) in [4.78, 5) is 27.5. The largest absolute Gasteiger partial charge is 0.417 e. The molecule has 1 aliphatic heterocycles. The second-order valence-corrected chi connectivity index (χ2v) is 7.83. The lowest BCUT2D eigenvalue weighted by Gasteiger charge is -2.32. The van der Waals surface area contributed by atoms with E-state index in [1.165, 1.54) is 36.2 Å². The second kappa shape index (κ2) is 8.44. The van der Waals surface area contributed by atoms with Gasteiger partial charge < -0.3 is 10.2 Å². The molecule has 1 N–H and O–H groups in total. The van der Waals surface area contributed by atoms with Gasteiger partial charge in [0.15, 0.2) is 5.11 Å². The van der Waals surface area contributed by atoms with E-state index in [1.807, 2.05) is 0 Å². The van der Waals surface area contributed by atoms with Crippen LogP contribution >= 0.6 is 12.2 Å². The molecule has 11 heteroatoms. The molecular formula is C22H18F4N4O2S. The van der Waals surface area contributed by atoms with E-state index in [-0.39, 0.29) is 28.5 Å². The van der Waals surface area contributed by atoms with Gasteiger partial charge in [-0.25, -0.2) is 4.39 Å². The van der Waals surface area contributed by atoms with E-state index in [2.05, 4.69) is 5.32 Å². The molecule has 0 radical (unpaired) electrons. The molecule has 1 atom stereocenters. The smallest absolute Gasteiger partial charge is 0.355 e. The highest BCUT2D eigenvalue weighted by molar-refractivity contribution is 7.81. The SMILES string of the molecule is CCC1(C)C(=O)N(c2ccc(C#N)c(C(F)(F)F)c2)C(=S)N1c1ccc(C(=O)NC)c(F)c1. The van der Waals surface area contributed by atoms with Gasteiger partial charge in [0.05, 0.1) is 28.4 Å². The Morgan fingerprint density at radius 3 is 2.36 bits per heavy atom. The molecule has 0 spiro atoms. The molecule has 33 heavy (non-hydrogen) atoms. The Morgan fingerprint density at radius 2 is 1.85 bits per heavy atom. The van der Waals surface area contributed by atoms with Crippen LogP contribution in [0.1, 0.15) is 41.8 Å². The number of amides is 2. The van der Waals surface area contributed by atoms with Crippen molar-refractivity contribution in [2.45, 2.75) is 32.0 Å². The third-order valence-corrected chi connectivity index (χ3v) is 5.96. The maximum absolute atomic E-state index is 14.6. The van der Waals surface area contributed by atoms with Crippen molar-refractivity contribution in [3.05, 3.63) is 58.9 Å². The fraction of sp³-hybridized carbons (Fsp3) is 0.273. The third-order valence-electron chi connectivity index (χ3n) is 5.60. The van der Waals surface area contributed by atoms with E-state index in [0.29, 0.717) is 6.07 Å².